The number of carbonyl (C=O) groups excluding carboxylic acids is 1. The van der Waals surface area contributed by atoms with Gasteiger partial charge in [0.15, 0.2) is 27.6 Å². The van der Waals surface area contributed by atoms with E-state index in [1.165, 1.54) is 11.3 Å². The molecule has 1 aromatic carbocycles. The molecule has 0 fully saturated rings. The summed E-state index contributed by atoms with van der Waals surface area (Å²) in [6.45, 7) is 4.31. The van der Waals surface area contributed by atoms with Crippen LogP contribution in [0.4, 0.5) is 21.9 Å². The first-order valence-corrected chi connectivity index (χ1v) is 11.8. The van der Waals surface area contributed by atoms with Crippen LogP contribution < -0.4 is 10.2 Å². The predicted octanol–water partition coefficient (Wildman–Crippen LogP) is 3.83. The van der Waals surface area contributed by atoms with Gasteiger partial charge in [-0.1, -0.05) is 23.5 Å². The minimum absolute atomic E-state index is 0.243. The van der Waals surface area contributed by atoms with Gasteiger partial charge in [-0.3, -0.25) is 4.90 Å². The molecule has 4 aromatic rings. The zero-order valence-corrected chi connectivity index (χ0v) is 19.0. The van der Waals surface area contributed by atoms with Crippen LogP contribution in [0, 0.1) is 6.92 Å². The highest BCUT2D eigenvalue weighted by molar-refractivity contribution is 7.22. The van der Waals surface area contributed by atoms with Crippen LogP contribution in [0.5, 0.6) is 0 Å². The number of thiazole rings is 2. The van der Waals surface area contributed by atoms with Gasteiger partial charge in [0.25, 0.3) is 0 Å². The fourth-order valence-electron chi connectivity index (χ4n) is 3.60. The van der Waals surface area contributed by atoms with Gasteiger partial charge in [-0.15, -0.1) is 21.5 Å². The Morgan fingerprint density at radius 2 is 2.16 bits per heavy atom. The van der Waals surface area contributed by atoms with E-state index in [2.05, 4.69) is 25.5 Å². The van der Waals surface area contributed by atoms with Gasteiger partial charge in [0.2, 0.25) is 0 Å². The summed E-state index contributed by atoms with van der Waals surface area (Å²) in [5.41, 5.74) is 2.94. The molecule has 9 nitrogen and oxygen atoms in total. The second-order valence-electron chi connectivity index (χ2n) is 7.29. The number of aromatic nitrogens is 4. The third-order valence-corrected chi connectivity index (χ3v) is 6.95. The molecule has 0 amide bonds. The minimum Gasteiger partial charge on any atom is -0.461 e. The van der Waals surface area contributed by atoms with Crippen molar-refractivity contribution in [3.05, 3.63) is 46.5 Å². The standard InChI is InChI=1S/C21H20N6O3S2/c1-3-30-19(29)15-10-31-21(23-15)27-9-12(28)8-13-11(2)17(25-26-18(13)27)24-20-22-14-6-4-5-7-16(14)32-20/h4-7,10,12,28H,3,8-9H2,1-2H3,(H,22,24,25)/t12-/m1/s1. The molecule has 32 heavy (non-hydrogen) atoms. The number of aliphatic hydroxyl groups is 1. The van der Waals surface area contributed by atoms with Crippen LogP contribution >= 0.6 is 22.7 Å². The molecule has 0 unspecified atom stereocenters. The van der Waals surface area contributed by atoms with Crippen molar-refractivity contribution in [1.82, 2.24) is 20.2 Å². The maximum Gasteiger partial charge on any atom is 0.357 e. The maximum atomic E-state index is 12.0. The van der Waals surface area contributed by atoms with Crippen molar-refractivity contribution in [3.8, 4) is 0 Å². The van der Waals surface area contributed by atoms with Crippen LogP contribution in [0.3, 0.4) is 0 Å². The summed E-state index contributed by atoms with van der Waals surface area (Å²) >= 11 is 2.85. The molecule has 1 aliphatic rings. The first kappa shape index (κ1) is 20.7. The number of para-hydroxylation sites is 1. The third kappa shape index (κ3) is 3.78. The summed E-state index contributed by atoms with van der Waals surface area (Å²) in [7, 11) is 0. The van der Waals surface area contributed by atoms with Gasteiger partial charge in [0, 0.05) is 22.9 Å². The summed E-state index contributed by atoms with van der Waals surface area (Å²) < 4.78 is 6.11. The van der Waals surface area contributed by atoms with E-state index in [9.17, 15) is 9.90 Å². The molecule has 3 aromatic heterocycles. The van der Waals surface area contributed by atoms with Crippen molar-refractivity contribution in [1.29, 1.82) is 0 Å². The minimum atomic E-state index is -0.601. The average molecular weight is 469 g/mol. The fraction of sp³-hybridized carbons (Fsp3) is 0.286. The monoisotopic (exact) mass is 468 g/mol. The number of aliphatic hydroxyl groups excluding tert-OH is 1. The quantitative estimate of drug-likeness (QED) is 0.422. The average Bonchev–Trinajstić information content (AvgIpc) is 3.43. The van der Waals surface area contributed by atoms with Gasteiger partial charge in [-0.2, -0.15) is 0 Å². The molecule has 0 saturated carbocycles. The van der Waals surface area contributed by atoms with Gasteiger partial charge in [-0.25, -0.2) is 14.8 Å². The Morgan fingerprint density at radius 3 is 2.97 bits per heavy atom. The first-order valence-electron chi connectivity index (χ1n) is 10.1. The summed E-state index contributed by atoms with van der Waals surface area (Å²) in [6.07, 6.45) is -0.145. The molecule has 0 bridgehead atoms. The number of hydrogen-bond acceptors (Lipinski definition) is 11. The summed E-state index contributed by atoms with van der Waals surface area (Å²) in [5.74, 6) is 0.765. The van der Waals surface area contributed by atoms with Crippen molar-refractivity contribution in [2.75, 3.05) is 23.4 Å². The predicted molar refractivity (Wildman–Crippen MR) is 124 cm³/mol. The van der Waals surface area contributed by atoms with Crippen LogP contribution in [-0.2, 0) is 11.2 Å². The zero-order chi connectivity index (χ0) is 22.2. The van der Waals surface area contributed by atoms with Gasteiger partial charge < -0.3 is 15.2 Å². The van der Waals surface area contributed by atoms with E-state index >= 15 is 0 Å². The number of nitrogens with one attached hydrogen (secondary N) is 1. The number of fused-ring (bicyclic) bond motifs is 2. The van der Waals surface area contributed by atoms with E-state index in [1.807, 2.05) is 31.2 Å². The zero-order valence-electron chi connectivity index (χ0n) is 17.4. The normalized spacial score (nSPS) is 15.6. The molecule has 5 rings (SSSR count). The SMILES string of the molecule is CCOC(=O)c1csc(N2C[C@H](O)Cc3c2nnc(Nc2nc4ccccc4s2)c3C)n1. The lowest BCUT2D eigenvalue weighted by atomic mass is 9.99. The van der Waals surface area contributed by atoms with Crippen LogP contribution in [0.25, 0.3) is 10.2 Å². The van der Waals surface area contributed by atoms with Crippen LogP contribution in [0.1, 0.15) is 28.5 Å². The van der Waals surface area contributed by atoms with E-state index in [4.69, 9.17) is 4.74 Å². The van der Waals surface area contributed by atoms with Gasteiger partial charge >= 0.3 is 5.97 Å². The number of ether oxygens (including phenoxy) is 1. The number of esters is 1. The number of carbonyl (C=O) groups is 1. The van der Waals surface area contributed by atoms with E-state index in [0.717, 1.165) is 26.5 Å². The molecule has 0 aliphatic carbocycles. The molecule has 1 aliphatic heterocycles. The van der Waals surface area contributed by atoms with Crippen molar-refractivity contribution >= 4 is 60.8 Å². The Labute approximate surface area is 191 Å². The first-order chi connectivity index (χ1) is 15.5. The van der Waals surface area contributed by atoms with E-state index in [1.54, 1.807) is 28.5 Å². The number of β-amino-alcohol motifs (C(OH)–C–C–N with tert-alkyl or cyclic N) is 1. The fourth-order valence-corrected chi connectivity index (χ4v) is 5.27. The maximum absolute atomic E-state index is 12.0. The molecule has 4 heterocycles. The van der Waals surface area contributed by atoms with Crippen LogP contribution in [0.15, 0.2) is 29.6 Å². The second kappa shape index (κ2) is 8.41. The molecule has 164 valence electrons. The summed E-state index contributed by atoms with van der Waals surface area (Å²) in [6, 6.07) is 7.93. The van der Waals surface area contributed by atoms with Crippen molar-refractivity contribution in [2.24, 2.45) is 0 Å². The molecule has 11 heteroatoms. The molecular formula is C21H20N6O3S2. The third-order valence-electron chi connectivity index (χ3n) is 5.14. The number of rotatable bonds is 5. The number of nitrogens with zero attached hydrogens (tertiary/aromatic N) is 5. The highest BCUT2D eigenvalue weighted by atomic mass is 32.1. The smallest absolute Gasteiger partial charge is 0.357 e. The number of anilines is 4. The van der Waals surface area contributed by atoms with E-state index in [0.29, 0.717) is 29.7 Å². The van der Waals surface area contributed by atoms with Crippen molar-refractivity contribution < 1.29 is 14.6 Å². The molecular weight excluding hydrogens is 448 g/mol. The Hall–Kier alpha value is -3.15. The highest BCUT2D eigenvalue weighted by Crippen LogP contribution is 2.37. The molecule has 2 N–H and O–H groups in total. The van der Waals surface area contributed by atoms with Gasteiger partial charge in [0.05, 0.1) is 29.5 Å². The summed E-state index contributed by atoms with van der Waals surface area (Å²) in [4.78, 5) is 22.8. The van der Waals surface area contributed by atoms with Crippen molar-refractivity contribution in [2.45, 2.75) is 26.4 Å². The second-order valence-corrected chi connectivity index (χ2v) is 9.16. The van der Waals surface area contributed by atoms with Gasteiger partial charge in [0.1, 0.15) is 0 Å². The lowest BCUT2D eigenvalue weighted by Gasteiger charge is -2.31. The Morgan fingerprint density at radius 1 is 1.31 bits per heavy atom. The molecule has 1 atom stereocenters. The molecule has 0 saturated heterocycles. The van der Waals surface area contributed by atoms with Crippen LogP contribution in [-0.4, -0.2) is 50.5 Å². The molecule has 0 spiro atoms. The Balaban J connectivity index is 1.47. The lowest BCUT2D eigenvalue weighted by molar-refractivity contribution is 0.0520. The topological polar surface area (TPSA) is 113 Å². The largest absolute Gasteiger partial charge is 0.461 e. The molecule has 0 radical (unpaired) electrons. The van der Waals surface area contributed by atoms with Gasteiger partial charge in [-0.05, 0) is 26.0 Å². The van der Waals surface area contributed by atoms with E-state index < -0.39 is 12.1 Å². The Kier molecular flexibility index (Phi) is 5.45. The highest BCUT2D eigenvalue weighted by Gasteiger charge is 2.31. The van der Waals surface area contributed by atoms with Crippen molar-refractivity contribution in [3.63, 3.8) is 0 Å². The Bertz CT molecular complexity index is 1270. The number of benzene rings is 1. The summed E-state index contributed by atoms with van der Waals surface area (Å²) in [5, 5.41) is 25.6. The van der Waals surface area contributed by atoms with Crippen LogP contribution in [0.2, 0.25) is 0 Å². The lowest BCUT2D eigenvalue weighted by Crippen LogP contribution is -2.37. The number of hydrogen-bond donors (Lipinski definition) is 2. The van der Waals surface area contributed by atoms with E-state index in [-0.39, 0.29) is 12.3 Å².